The molecule has 0 aromatic carbocycles. The molecular formula is C24H26FN7O3. The summed E-state index contributed by atoms with van der Waals surface area (Å²) in [7, 11) is 0. The van der Waals surface area contributed by atoms with Crippen LogP contribution in [0.25, 0.3) is 11.4 Å². The Bertz CT molecular complexity index is 1260. The second kappa shape index (κ2) is 8.73. The number of morpholine rings is 1. The van der Waals surface area contributed by atoms with E-state index in [-0.39, 0.29) is 41.3 Å². The first-order valence-electron chi connectivity index (χ1n) is 11.4. The number of ether oxygens (including phenoxy) is 2. The fraction of sp³-hybridized carbons (Fsp3) is 0.375. The Labute approximate surface area is 201 Å². The fourth-order valence-corrected chi connectivity index (χ4v) is 4.08. The van der Waals surface area contributed by atoms with Gasteiger partial charge in [0.2, 0.25) is 5.95 Å². The number of nitrogens with one attached hydrogen (secondary N) is 2. The van der Waals surface area contributed by atoms with Crippen molar-refractivity contribution in [1.82, 2.24) is 19.9 Å². The molecule has 2 aliphatic rings. The lowest BCUT2D eigenvalue weighted by molar-refractivity contribution is -0.129. The third-order valence-electron chi connectivity index (χ3n) is 5.74. The van der Waals surface area contributed by atoms with Crippen molar-refractivity contribution in [2.75, 3.05) is 28.6 Å². The fourth-order valence-electron chi connectivity index (χ4n) is 4.08. The van der Waals surface area contributed by atoms with Crippen molar-refractivity contribution in [3.8, 4) is 17.1 Å². The molecule has 0 saturated carbocycles. The normalized spacial score (nSPS) is 21.1. The van der Waals surface area contributed by atoms with Crippen LogP contribution in [-0.2, 0) is 9.53 Å². The third-order valence-corrected chi connectivity index (χ3v) is 5.74. The first-order chi connectivity index (χ1) is 16.7. The number of halogens is 1. The average molecular weight is 480 g/mol. The molecule has 2 N–H and O–H groups in total. The van der Waals surface area contributed by atoms with E-state index >= 15 is 0 Å². The number of pyridine rings is 2. The number of rotatable bonds is 4. The van der Waals surface area contributed by atoms with E-state index in [0.717, 1.165) is 25.1 Å². The zero-order valence-corrected chi connectivity index (χ0v) is 19.9. The quantitative estimate of drug-likeness (QED) is 0.580. The van der Waals surface area contributed by atoms with Gasteiger partial charge in [-0.05, 0) is 52.0 Å². The van der Waals surface area contributed by atoms with Gasteiger partial charge in [0.15, 0.2) is 23.0 Å². The molecule has 0 aliphatic carbocycles. The number of hydrogen-bond acceptors (Lipinski definition) is 9. The lowest BCUT2D eigenvalue weighted by Crippen LogP contribution is -2.46. The molecule has 10 nitrogen and oxygen atoms in total. The van der Waals surface area contributed by atoms with E-state index in [2.05, 4.69) is 35.5 Å². The van der Waals surface area contributed by atoms with Crippen LogP contribution in [0, 0.1) is 5.82 Å². The van der Waals surface area contributed by atoms with E-state index in [1.54, 1.807) is 32.2 Å². The van der Waals surface area contributed by atoms with E-state index in [4.69, 9.17) is 9.47 Å². The molecule has 11 heteroatoms. The summed E-state index contributed by atoms with van der Waals surface area (Å²) in [5.41, 5.74) is -0.137. The summed E-state index contributed by atoms with van der Waals surface area (Å²) in [6.07, 6.45) is 3.02. The molecule has 5 heterocycles. The number of fused-ring (bicyclic) bond motifs is 1. The van der Waals surface area contributed by atoms with Gasteiger partial charge in [-0.15, -0.1) is 0 Å². The minimum atomic E-state index is -1.02. The van der Waals surface area contributed by atoms with Gasteiger partial charge in [0.05, 0.1) is 36.0 Å². The average Bonchev–Trinajstić information content (AvgIpc) is 2.80. The highest BCUT2D eigenvalue weighted by molar-refractivity contribution is 5.99. The van der Waals surface area contributed by atoms with E-state index in [0.29, 0.717) is 11.4 Å². The van der Waals surface area contributed by atoms with Gasteiger partial charge in [-0.2, -0.15) is 0 Å². The van der Waals surface area contributed by atoms with Crippen LogP contribution in [0.2, 0.25) is 0 Å². The van der Waals surface area contributed by atoms with Crippen LogP contribution < -0.4 is 20.3 Å². The number of amides is 1. The summed E-state index contributed by atoms with van der Waals surface area (Å²) in [4.78, 5) is 31.6. The molecular weight excluding hydrogens is 453 g/mol. The third kappa shape index (κ3) is 4.72. The van der Waals surface area contributed by atoms with Crippen LogP contribution in [0.1, 0.15) is 27.7 Å². The molecule has 0 bridgehead atoms. The number of nitrogens with zero attached hydrogens (tertiary/aromatic N) is 5. The van der Waals surface area contributed by atoms with Crippen molar-refractivity contribution >= 4 is 29.2 Å². The van der Waals surface area contributed by atoms with E-state index in [9.17, 15) is 9.18 Å². The van der Waals surface area contributed by atoms with E-state index < -0.39 is 11.4 Å². The van der Waals surface area contributed by atoms with Gasteiger partial charge in [0, 0.05) is 13.1 Å². The van der Waals surface area contributed by atoms with Crippen LogP contribution in [0.3, 0.4) is 0 Å². The van der Waals surface area contributed by atoms with Crippen LogP contribution in [0.4, 0.5) is 27.7 Å². The Balaban J connectivity index is 1.35. The summed E-state index contributed by atoms with van der Waals surface area (Å²) >= 11 is 0. The summed E-state index contributed by atoms with van der Waals surface area (Å²) in [6, 6.07) is 6.99. The van der Waals surface area contributed by atoms with Crippen LogP contribution in [0.5, 0.6) is 5.75 Å². The number of carbonyl (C=O) groups excluding carboxylic acids is 1. The second-order valence-electron chi connectivity index (χ2n) is 9.19. The minimum Gasteiger partial charge on any atom is -0.474 e. The van der Waals surface area contributed by atoms with Gasteiger partial charge < -0.3 is 25.0 Å². The molecule has 1 amide bonds. The van der Waals surface area contributed by atoms with E-state index in [1.165, 1.54) is 0 Å². The first-order valence-corrected chi connectivity index (χ1v) is 11.4. The molecule has 1 fully saturated rings. The topological polar surface area (TPSA) is 114 Å². The molecule has 2 unspecified atom stereocenters. The molecule has 3 aromatic heterocycles. The van der Waals surface area contributed by atoms with Crippen molar-refractivity contribution in [2.45, 2.75) is 45.5 Å². The zero-order valence-electron chi connectivity index (χ0n) is 19.9. The van der Waals surface area contributed by atoms with Gasteiger partial charge in [-0.3, -0.25) is 4.79 Å². The van der Waals surface area contributed by atoms with Crippen LogP contribution >= 0.6 is 0 Å². The molecule has 3 aromatic rings. The first kappa shape index (κ1) is 22.9. The highest BCUT2D eigenvalue weighted by Gasteiger charge is 2.36. The van der Waals surface area contributed by atoms with E-state index in [1.807, 2.05) is 26.0 Å². The lowest BCUT2D eigenvalue weighted by atomic mass is 10.1. The highest BCUT2D eigenvalue weighted by atomic mass is 19.1. The Morgan fingerprint density at radius 1 is 1.09 bits per heavy atom. The van der Waals surface area contributed by atoms with Gasteiger partial charge in [0.1, 0.15) is 11.5 Å². The number of anilines is 4. The van der Waals surface area contributed by atoms with Gasteiger partial charge in [-0.25, -0.2) is 24.3 Å². The predicted octanol–water partition coefficient (Wildman–Crippen LogP) is 3.54. The van der Waals surface area contributed by atoms with Gasteiger partial charge in [-0.1, -0.05) is 0 Å². The predicted molar refractivity (Wildman–Crippen MR) is 128 cm³/mol. The van der Waals surface area contributed by atoms with Crippen LogP contribution in [0.15, 0.2) is 36.7 Å². The molecule has 35 heavy (non-hydrogen) atoms. The van der Waals surface area contributed by atoms with Crippen LogP contribution in [-0.4, -0.2) is 56.7 Å². The van der Waals surface area contributed by atoms with Crippen molar-refractivity contribution in [3.63, 3.8) is 0 Å². The monoisotopic (exact) mass is 479 g/mol. The maximum atomic E-state index is 14.6. The summed E-state index contributed by atoms with van der Waals surface area (Å²) in [5.74, 6) is 0.675. The Morgan fingerprint density at radius 2 is 1.86 bits per heavy atom. The van der Waals surface area contributed by atoms with Crippen molar-refractivity contribution in [2.24, 2.45) is 0 Å². The Hall–Kier alpha value is -3.86. The highest BCUT2D eigenvalue weighted by Crippen LogP contribution is 2.34. The standard InChI is InChI=1S/C24H26FN7O3/c1-13-11-32(12-14(2)34-13)19-8-5-15(9-26-19)28-23-27-10-16(25)20(30-23)17-6-7-18-21(29-17)31-22(33)24(3,4)35-18/h5-10,13-14H,11-12H2,1-4H3,(H,27,28,30)(H,29,31,33). The molecule has 0 radical (unpaired) electrons. The molecule has 0 spiro atoms. The summed E-state index contributed by atoms with van der Waals surface area (Å²) in [6.45, 7) is 8.94. The van der Waals surface area contributed by atoms with Crippen molar-refractivity contribution in [1.29, 1.82) is 0 Å². The lowest BCUT2D eigenvalue weighted by Gasteiger charge is -2.36. The SMILES string of the molecule is CC1CN(c2ccc(Nc3ncc(F)c(-c4ccc5c(n4)NC(=O)C(C)(C)O5)n3)cn2)CC(C)O1. The molecule has 1 saturated heterocycles. The smallest absolute Gasteiger partial charge is 0.269 e. The van der Waals surface area contributed by atoms with Gasteiger partial charge >= 0.3 is 0 Å². The number of hydrogen-bond donors (Lipinski definition) is 2. The maximum Gasteiger partial charge on any atom is 0.269 e. The largest absolute Gasteiger partial charge is 0.474 e. The van der Waals surface area contributed by atoms with Crippen molar-refractivity contribution in [3.05, 3.63) is 42.5 Å². The molecule has 182 valence electrons. The second-order valence-corrected chi connectivity index (χ2v) is 9.19. The van der Waals surface area contributed by atoms with Gasteiger partial charge in [0.25, 0.3) is 5.91 Å². The zero-order chi connectivity index (χ0) is 24.7. The molecule has 2 aliphatic heterocycles. The summed E-state index contributed by atoms with van der Waals surface area (Å²) < 4.78 is 26.1. The minimum absolute atomic E-state index is 0.00902. The molecule has 2 atom stereocenters. The Kier molecular flexibility index (Phi) is 5.72. The summed E-state index contributed by atoms with van der Waals surface area (Å²) in [5, 5.41) is 5.75. The van der Waals surface area contributed by atoms with Crippen molar-refractivity contribution < 1.29 is 18.7 Å². The number of carbonyl (C=O) groups is 1. The Morgan fingerprint density at radius 3 is 2.57 bits per heavy atom. The molecule has 5 rings (SSSR count). The number of aromatic nitrogens is 4. The maximum absolute atomic E-state index is 14.6.